The van der Waals surface area contributed by atoms with Crippen molar-refractivity contribution in [2.45, 2.75) is 0 Å². The van der Waals surface area contributed by atoms with Crippen LogP contribution in [0.5, 0.6) is 0 Å². The summed E-state index contributed by atoms with van der Waals surface area (Å²) in [6.07, 6.45) is 0. The first-order valence-electron chi connectivity index (χ1n) is 3.23. The molecule has 0 N–H and O–H groups in total. The number of ether oxygens (including phenoxy) is 2. The normalized spacial score (nSPS) is 8.46. The van der Waals surface area contributed by atoms with Gasteiger partial charge in [-0.05, 0) is 0 Å². The van der Waals surface area contributed by atoms with Gasteiger partial charge in [0.2, 0.25) is 0 Å². The molecule has 0 rings (SSSR count). The van der Waals surface area contributed by atoms with Crippen LogP contribution in [0.25, 0.3) is 0 Å². The zero-order valence-electron chi connectivity index (χ0n) is 8.36. The fraction of sp³-hybridized carbons (Fsp3) is 0.667. The maximum atomic E-state index is 10.5. The van der Waals surface area contributed by atoms with Gasteiger partial charge >= 0.3 is 41.5 Å². The van der Waals surface area contributed by atoms with Crippen molar-refractivity contribution in [1.29, 1.82) is 0 Å². The number of hydrogen-bond acceptors (Lipinski definition) is 6. The fourth-order valence-corrected chi connectivity index (χ4v) is 0.585. The summed E-state index contributed by atoms with van der Waals surface area (Å²) in [5.41, 5.74) is 0. The van der Waals surface area contributed by atoms with Gasteiger partial charge in [-0.25, -0.2) is 0 Å². The Labute approximate surface area is 111 Å². The Bertz CT molecular complexity index is 152. The average Bonchev–Trinajstić information content (AvgIpc) is 2.11. The molecular weight excluding hydrogens is 223 g/mol. The fourth-order valence-electron chi connectivity index (χ4n) is 0.402. The smallest absolute Gasteiger partial charge is 1.00 e. The molecule has 0 bridgehead atoms. The van der Waals surface area contributed by atoms with Crippen LogP contribution in [0.15, 0.2) is 0 Å². The topological polar surface area (TPSA) is 52.6 Å². The van der Waals surface area contributed by atoms with Gasteiger partial charge in [0.1, 0.15) is 13.2 Å². The number of rotatable bonds is 5. The quantitative estimate of drug-likeness (QED) is 0.231. The summed E-state index contributed by atoms with van der Waals surface area (Å²) in [5, 5.41) is 0. The van der Waals surface area contributed by atoms with E-state index in [0.29, 0.717) is 0 Å². The van der Waals surface area contributed by atoms with Gasteiger partial charge in [0.15, 0.2) is 0 Å². The monoisotopic (exact) mass is 234 g/mol. The van der Waals surface area contributed by atoms with Crippen molar-refractivity contribution in [1.82, 2.24) is 0 Å². The molecule has 0 spiro atoms. The van der Waals surface area contributed by atoms with Crippen LogP contribution in [-0.4, -0.2) is 36.7 Å². The van der Waals surface area contributed by atoms with E-state index in [1.54, 1.807) is 0 Å². The third-order valence-corrected chi connectivity index (χ3v) is 1.38. The Morgan fingerprint density at radius 2 is 1.31 bits per heavy atom. The molecule has 0 saturated heterocycles. The van der Waals surface area contributed by atoms with E-state index in [9.17, 15) is 9.59 Å². The predicted octanol–water partition coefficient (Wildman–Crippen LogP) is -2.95. The zero-order valence-corrected chi connectivity index (χ0v) is 11.1. The van der Waals surface area contributed by atoms with Crippen LogP contribution >= 0.6 is 25.3 Å². The molecule has 0 fully saturated rings. The SMILES string of the molecule is O=C(CS)OCCOC(=O)CS.[H-].[Na+]. The maximum absolute atomic E-state index is 10.5. The standard InChI is InChI=1S/C6H10O4S2.Na.H/c7-5(3-11)9-1-2-10-6(8)4-12;;/h11-12H,1-4H2;;/q;+1;-1. The summed E-state index contributed by atoms with van der Waals surface area (Å²) in [4.78, 5) is 20.9. The van der Waals surface area contributed by atoms with E-state index in [1.807, 2.05) is 0 Å². The molecule has 13 heavy (non-hydrogen) atoms. The van der Waals surface area contributed by atoms with Crippen molar-refractivity contribution < 1.29 is 50.0 Å². The first-order chi connectivity index (χ1) is 5.70. The molecule has 0 radical (unpaired) electrons. The van der Waals surface area contributed by atoms with Gasteiger partial charge in [0, 0.05) is 0 Å². The molecule has 0 aliphatic carbocycles. The molecule has 0 unspecified atom stereocenters. The number of hydrogen-bond donors (Lipinski definition) is 2. The molecular formula is C6H11NaO4S2. The number of carbonyl (C=O) groups excluding carboxylic acids is 2. The average molecular weight is 234 g/mol. The van der Waals surface area contributed by atoms with Crippen molar-refractivity contribution in [2.75, 3.05) is 24.7 Å². The van der Waals surface area contributed by atoms with Gasteiger partial charge in [-0.1, -0.05) is 0 Å². The Kier molecular flexibility index (Phi) is 13.3. The molecule has 0 aliphatic heterocycles. The number of esters is 2. The third kappa shape index (κ3) is 10.6. The summed E-state index contributed by atoms with van der Waals surface area (Å²) in [5.74, 6) is -0.804. The second-order valence-corrected chi connectivity index (χ2v) is 2.39. The minimum Gasteiger partial charge on any atom is -1.00 e. The summed E-state index contributed by atoms with van der Waals surface area (Å²) >= 11 is 7.36. The van der Waals surface area contributed by atoms with Crippen LogP contribution < -0.4 is 29.6 Å². The Hall–Kier alpha value is 0.640. The molecule has 0 aliphatic rings. The zero-order chi connectivity index (χ0) is 9.40. The Morgan fingerprint density at radius 3 is 1.54 bits per heavy atom. The third-order valence-electron chi connectivity index (χ3n) is 0.868. The van der Waals surface area contributed by atoms with E-state index in [0.717, 1.165) is 0 Å². The van der Waals surface area contributed by atoms with Crippen LogP contribution in [0.1, 0.15) is 1.43 Å². The van der Waals surface area contributed by atoms with E-state index in [4.69, 9.17) is 0 Å². The first-order valence-corrected chi connectivity index (χ1v) is 4.50. The second kappa shape index (κ2) is 10.7. The molecule has 0 aromatic heterocycles. The van der Waals surface area contributed by atoms with E-state index in [1.165, 1.54) is 0 Å². The van der Waals surface area contributed by atoms with Gasteiger partial charge in [-0.3, -0.25) is 9.59 Å². The predicted molar refractivity (Wildman–Crippen MR) is 50.7 cm³/mol. The van der Waals surface area contributed by atoms with Crippen molar-refractivity contribution in [3.63, 3.8) is 0 Å². The van der Waals surface area contributed by atoms with Crippen molar-refractivity contribution in [3.05, 3.63) is 0 Å². The summed E-state index contributed by atoms with van der Waals surface area (Å²) < 4.78 is 9.14. The molecule has 0 atom stereocenters. The van der Waals surface area contributed by atoms with Gasteiger partial charge in [0.25, 0.3) is 0 Å². The first kappa shape index (κ1) is 16.1. The maximum Gasteiger partial charge on any atom is 1.00 e. The second-order valence-electron chi connectivity index (χ2n) is 1.76. The number of carbonyl (C=O) groups is 2. The van der Waals surface area contributed by atoms with Crippen LogP contribution in [0.4, 0.5) is 0 Å². The molecule has 0 saturated carbocycles. The van der Waals surface area contributed by atoms with E-state index in [2.05, 4.69) is 34.7 Å². The van der Waals surface area contributed by atoms with Crippen molar-refractivity contribution >= 4 is 37.2 Å². The van der Waals surface area contributed by atoms with Gasteiger partial charge in [-0.2, -0.15) is 25.3 Å². The summed E-state index contributed by atoms with van der Waals surface area (Å²) in [6.45, 7) is 0.137. The summed E-state index contributed by atoms with van der Waals surface area (Å²) in [7, 11) is 0. The molecule has 72 valence electrons. The minimum atomic E-state index is -0.430. The molecule has 0 heterocycles. The molecule has 0 aromatic carbocycles. The Morgan fingerprint density at radius 1 is 1.00 bits per heavy atom. The van der Waals surface area contributed by atoms with E-state index >= 15 is 0 Å². The van der Waals surface area contributed by atoms with E-state index in [-0.39, 0.29) is 55.7 Å². The van der Waals surface area contributed by atoms with Crippen LogP contribution in [-0.2, 0) is 19.1 Å². The largest absolute Gasteiger partial charge is 1.00 e. The molecule has 0 aromatic rings. The van der Waals surface area contributed by atoms with Gasteiger partial charge in [0.05, 0.1) is 11.5 Å². The molecule has 4 nitrogen and oxygen atoms in total. The van der Waals surface area contributed by atoms with Crippen LogP contribution in [0.2, 0.25) is 0 Å². The number of thiol groups is 2. The van der Waals surface area contributed by atoms with Crippen LogP contribution in [0.3, 0.4) is 0 Å². The van der Waals surface area contributed by atoms with Crippen molar-refractivity contribution in [3.8, 4) is 0 Å². The van der Waals surface area contributed by atoms with Gasteiger partial charge in [-0.15, -0.1) is 0 Å². The minimum absolute atomic E-state index is 0. The van der Waals surface area contributed by atoms with Gasteiger partial charge < -0.3 is 10.9 Å². The van der Waals surface area contributed by atoms with Crippen LogP contribution in [0, 0.1) is 0 Å². The van der Waals surface area contributed by atoms with Crippen molar-refractivity contribution in [2.24, 2.45) is 0 Å². The molecule has 7 heteroatoms. The molecule has 0 amide bonds. The van der Waals surface area contributed by atoms with E-state index < -0.39 is 11.9 Å². The summed E-state index contributed by atoms with van der Waals surface area (Å²) in [6, 6.07) is 0. The Balaban J connectivity index is -0.000000605.